The SMILES string of the molecule is NC(=O)NCc1ccc(C(=O)N2CC(O)(C3CC3)C2)cc1. The third kappa shape index (κ3) is 2.85. The van der Waals surface area contributed by atoms with Crippen LogP contribution < -0.4 is 11.1 Å². The van der Waals surface area contributed by atoms with E-state index in [9.17, 15) is 14.7 Å². The van der Waals surface area contributed by atoms with E-state index in [2.05, 4.69) is 5.32 Å². The van der Waals surface area contributed by atoms with Crippen molar-refractivity contribution in [1.29, 1.82) is 0 Å². The van der Waals surface area contributed by atoms with Crippen molar-refractivity contribution in [3.63, 3.8) is 0 Å². The van der Waals surface area contributed by atoms with Gasteiger partial charge < -0.3 is 21.1 Å². The van der Waals surface area contributed by atoms with E-state index in [4.69, 9.17) is 5.73 Å². The summed E-state index contributed by atoms with van der Waals surface area (Å²) in [4.78, 5) is 24.6. The Kier molecular flexibility index (Phi) is 3.33. The van der Waals surface area contributed by atoms with Gasteiger partial charge in [-0.05, 0) is 36.5 Å². The zero-order chi connectivity index (χ0) is 15.0. The van der Waals surface area contributed by atoms with Crippen molar-refractivity contribution in [1.82, 2.24) is 10.2 Å². The van der Waals surface area contributed by atoms with Crippen LogP contribution in [0.1, 0.15) is 28.8 Å². The molecule has 1 heterocycles. The molecule has 21 heavy (non-hydrogen) atoms. The first-order valence-electron chi connectivity index (χ1n) is 7.12. The first-order valence-corrected chi connectivity index (χ1v) is 7.12. The lowest BCUT2D eigenvalue weighted by molar-refractivity contribution is -0.0958. The van der Waals surface area contributed by atoms with Crippen molar-refractivity contribution in [2.45, 2.75) is 25.0 Å². The van der Waals surface area contributed by atoms with Crippen molar-refractivity contribution in [3.05, 3.63) is 35.4 Å². The van der Waals surface area contributed by atoms with Crippen LogP contribution in [0.15, 0.2) is 24.3 Å². The highest BCUT2D eigenvalue weighted by atomic mass is 16.3. The number of carbonyl (C=O) groups is 2. The molecule has 1 aromatic carbocycles. The third-order valence-electron chi connectivity index (χ3n) is 4.22. The predicted octanol–water partition coefficient (Wildman–Crippen LogP) is 0.452. The second-order valence-corrected chi connectivity index (χ2v) is 5.95. The number of nitrogens with two attached hydrogens (primary N) is 1. The number of amides is 3. The van der Waals surface area contributed by atoms with Gasteiger partial charge in [0, 0.05) is 12.1 Å². The maximum atomic E-state index is 12.3. The molecular weight excluding hydrogens is 270 g/mol. The number of hydrogen-bond acceptors (Lipinski definition) is 3. The van der Waals surface area contributed by atoms with Gasteiger partial charge in [0.1, 0.15) is 5.60 Å². The second-order valence-electron chi connectivity index (χ2n) is 5.95. The summed E-state index contributed by atoms with van der Waals surface area (Å²) in [6.07, 6.45) is 2.14. The highest BCUT2D eigenvalue weighted by molar-refractivity contribution is 5.95. The molecule has 4 N–H and O–H groups in total. The van der Waals surface area contributed by atoms with Gasteiger partial charge in [-0.2, -0.15) is 0 Å². The topological polar surface area (TPSA) is 95.7 Å². The van der Waals surface area contributed by atoms with Crippen LogP contribution in [0.4, 0.5) is 4.79 Å². The number of aliphatic hydroxyl groups is 1. The van der Waals surface area contributed by atoms with E-state index in [0.717, 1.165) is 18.4 Å². The first-order chi connectivity index (χ1) is 9.98. The molecule has 0 aromatic heterocycles. The van der Waals surface area contributed by atoms with Gasteiger partial charge in [0.05, 0.1) is 13.1 Å². The Labute approximate surface area is 122 Å². The maximum Gasteiger partial charge on any atom is 0.312 e. The number of carbonyl (C=O) groups excluding carboxylic acids is 2. The fourth-order valence-electron chi connectivity index (χ4n) is 2.77. The van der Waals surface area contributed by atoms with Gasteiger partial charge in [0.15, 0.2) is 0 Å². The number of β-amino-alcohol motifs (C(OH)–C–C–N with tert-alkyl or cyclic N) is 1. The average molecular weight is 289 g/mol. The number of rotatable bonds is 4. The van der Waals surface area contributed by atoms with E-state index in [-0.39, 0.29) is 5.91 Å². The van der Waals surface area contributed by atoms with Crippen molar-refractivity contribution < 1.29 is 14.7 Å². The fraction of sp³-hybridized carbons (Fsp3) is 0.467. The Morgan fingerprint density at radius 2 is 1.90 bits per heavy atom. The second kappa shape index (κ2) is 5.04. The van der Waals surface area contributed by atoms with Gasteiger partial charge in [-0.15, -0.1) is 0 Å². The van der Waals surface area contributed by atoms with E-state index in [1.165, 1.54) is 0 Å². The van der Waals surface area contributed by atoms with Crippen LogP contribution in [0, 0.1) is 5.92 Å². The van der Waals surface area contributed by atoms with Crippen LogP contribution in [0.3, 0.4) is 0 Å². The summed E-state index contributed by atoms with van der Waals surface area (Å²) in [7, 11) is 0. The molecule has 0 spiro atoms. The third-order valence-corrected chi connectivity index (χ3v) is 4.22. The van der Waals surface area contributed by atoms with Crippen molar-refractivity contribution >= 4 is 11.9 Å². The van der Waals surface area contributed by atoms with Crippen LogP contribution in [0.5, 0.6) is 0 Å². The minimum absolute atomic E-state index is 0.0604. The summed E-state index contributed by atoms with van der Waals surface area (Å²) in [5, 5.41) is 12.7. The van der Waals surface area contributed by atoms with Crippen LogP contribution in [0.25, 0.3) is 0 Å². The van der Waals surface area contributed by atoms with Crippen molar-refractivity contribution in [2.24, 2.45) is 11.7 Å². The molecule has 2 aliphatic rings. The van der Waals surface area contributed by atoms with Gasteiger partial charge in [-0.1, -0.05) is 12.1 Å². The summed E-state index contributed by atoms with van der Waals surface area (Å²) < 4.78 is 0. The lowest BCUT2D eigenvalue weighted by atomic mass is 9.88. The maximum absolute atomic E-state index is 12.3. The van der Waals surface area contributed by atoms with E-state index >= 15 is 0 Å². The van der Waals surface area contributed by atoms with Crippen LogP contribution in [0.2, 0.25) is 0 Å². The fourth-order valence-corrected chi connectivity index (χ4v) is 2.77. The lowest BCUT2D eigenvalue weighted by Crippen LogP contribution is -2.64. The normalized spacial score (nSPS) is 19.8. The highest BCUT2D eigenvalue weighted by Gasteiger charge is 2.53. The minimum atomic E-state index is -0.652. The Bertz CT molecular complexity index is 560. The molecule has 1 saturated heterocycles. The Balaban J connectivity index is 1.57. The summed E-state index contributed by atoms with van der Waals surface area (Å²) in [6.45, 7) is 1.21. The molecule has 1 saturated carbocycles. The van der Waals surface area contributed by atoms with Gasteiger partial charge >= 0.3 is 6.03 Å². The number of likely N-dealkylation sites (tertiary alicyclic amines) is 1. The van der Waals surface area contributed by atoms with E-state index in [1.54, 1.807) is 29.2 Å². The monoisotopic (exact) mass is 289 g/mol. The van der Waals surface area contributed by atoms with Crippen molar-refractivity contribution in [3.8, 4) is 0 Å². The quantitative estimate of drug-likeness (QED) is 0.751. The smallest absolute Gasteiger partial charge is 0.312 e. The van der Waals surface area contributed by atoms with E-state index in [0.29, 0.717) is 31.1 Å². The minimum Gasteiger partial charge on any atom is -0.386 e. The van der Waals surface area contributed by atoms with Crippen LogP contribution >= 0.6 is 0 Å². The number of hydrogen-bond donors (Lipinski definition) is 3. The van der Waals surface area contributed by atoms with E-state index in [1.807, 2.05) is 0 Å². The molecule has 0 unspecified atom stereocenters. The average Bonchev–Trinajstić information content (AvgIpc) is 3.26. The van der Waals surface area contributed by atoms with Gasteiger partial charge in [-0.3, -0.25) is 4.79 Å². The molecule has 6 heteroatoms. The number of primary amides is 1. The first kappa shape index (κ1) is 13.9. The van der Waals surface area contributed by atoms with Gasteiger partial charge in [-0.25, -0.2) is 4.79 Å². The molecule has 1 aromatic rings. The van der Waals surface area contributed by atoms with E-state index < -0.39 is 11.6 Å². The summed E-state index contributed by atoms with van der Waals surface area (Å²) in [5.41, 5.74) is 5.82. The number of benzene rings is 1. The summed E-state index contributed by atoms with van der Waals surface area (Å²) >= 11 is 0. The zero-order valence-corrected chi connectivity index (χ0v) is 11.7. The molecule has 3 amide bonds. The highest BCUT2D eigenvalue weighted by Crippen LogP contribution is 2.44. The summed E-state index contributed by atoms with van der Waals surface area (Å²) in [6, 6.07) is 6.46. The largest absolute Gasteiger partial charge is 0.386 e. The molecule has 0 radical (unpaired) electrons. The molecular formula is C15H19N3O3. The Morgan fingerprint density at radius 1 is 1.29 bits per heavy atom. The standard InChI is InChI=1S/C15H19N3O3/c16-14(20)17-7-10-1-3-11(4-2-10)13(19)18-8-15(21,9-18)12-5-6-12/h1-4,12,21H,5-9H2,(H3,16,17,20). The Hall–Kier alpha value is -2.08. The molecule has 6 nitrogen and oxygen atoms in total. The van der Waals surface area contributed by atoms with Gasteiger partial charge in [0.2, 0.25) is 0 Å². The number of nitrogens with zero attached hydrogens (tertiary/aromatic N) is 1. The lowest BCUT2D eigenvalue weighted by Gasteiger charge is -2.47. The van der Waals surface area contributed by atoms with Crippen molar-refractivity contribution in [2.75, 3.05) is 13.1 Å². The molecule has 0 atom stereocenters. The predicted molar refractivity (Wildman–Crippen MR) is 76.4 cm³/mol. The van der Waals surface area contributed by atoms with Crippen LogP contribution in [-0.2, 0) is 6.54 Å². The molecule has 1 aliphatic carbocycles. The summed E-state index contributed by atoms with van der Waals surface area (Å²) in [5.74, 6) is 0.318. The Morgan fingerprint density at radius 3 is 2.43 bits per heavy atom. The number of urea groups is 1. The van der Waals surface area contributed by atoms with Gasteiger partial charge in [0.25, 0.3) is 5.91 Å². The molecule has 3 rings (SSSR count). The zero-order valence-electron chi connectivity index (χ0n) is 11.7. The molecule has 112 valence electrons. The molecule has 1 aliphatic heterocycles. The van der Waals surface area contributed by atoms with Crippen LogP contribution in [-0.4, -0.2) is 40.6 Å². The molecule has 2 fully saturated rings. The molecule has 0 bridgehead atoms. The number of nitrogens with one attached hydrogen (secondary N) is 1.